The Hall–Kier alpha value is -3.02. The molecule has 2 aromatic rings. The highest BCUT2D eigenvalue weighted by Crippen LogP contribution is 2.49. The van der Waals surface area contributed by atoms with Gasteiger partial charge in [-0.3, -0.25) is 4.79 Å². The van der Waals surface area contributed by atoms with Crippen LogP contribution in [-0.2, 0) is 5.41 Å². The van der Waals surface area contributed by atoms with Crippen LogP contribution < -0.4 is 20.1 Å². The van der Waals surface area contributed by atoms with Crippen LogP contribution in [-0.4, -0.2) is 32.6 Å². The van der Waals surface area contributed by atoms with Crippen LogP contribution in [0, 0.1) is 0 Å². The van der Waals surface area contributed by atoms with Crippen molar-refractivity contribution in [2.24, 2.45) is 0 Å². The van der Waals surface area contributed by atoms with E-state index in [1.54, 1.807) is 38.5 Å². The van der Waals surface area contributed by atoms with Gasteiger partial charge >= 0.3 is 6.03 Å². The molecule has 0 unspecified atom stereocenters. The summed E-state index contributed by atoms with van der Waals surface area (Å²) in [5.74, 6) is 1.34. The predicted octanol–water partition coefficient (Wildman–Crippen LogP) is 3.76. The number of hydrogen-bond donors (Lipinski definition) is 2. The third kappa shape index (κ3) is 4.22. The first-order valence-electron chi connectivity index (χ1n) is 8.86. The number of rotatable bonds is 7. The van der Waals surface area contributed by atoms with Gasteiger partial charge in [-0.05, 0) is 49.6 Å². The average Bonchev–Trinajstić information content (AvgIpc) is 3.47. The van der Waals surface area contributed by atoms with Gasteiger partial charge in [-0.25, -0.2) is 4.79 Å². The molecule has 0 radical (unpaired) electrons. The zero-order valence-electron chi connectivity index (χ0n) is 15.8. The molecule has 6 heteroatoms. The lowest BCUT2D eigenvalue weighted by Gasteiger charge is -2.19. The summed E-state index contributed by atoms with van der Waals surface area (Å²) in [7, 11) is 3.22. The number of methoxy groups -OCH3 is 2. The van der Waals surface area contributed by atoms with E-state index in [-0.39, 0.29) is 17.2 Å². The van der Waals surface area contributed by atoms with Crippen molar-refractivity contribution in [3.8, 4) is 11.5 Å². The number of hydrogen-bond acceptors (Lipinski definition) is 4. The fraction of sp³-hybridized carbons (Fsp3) is 0.333. The number of nitrogens with one attached hydrogen (secondary N) is 2. The van der Waals surface area contributed by atoms with Gasteiger partial charge in [-0.15, -0.1) is 0 Å². The minimum absolute atomic E-state index is 0.0376. The molecular formula is C21H24N2O4. The Morgan fingerprint density at radius 1 is 1.04 bits per heavy atom. The maximum atomic E-state index is 12.3. The molecule has 1 aliphatic carbocycles. The van der Waals surface area contributed by atoms with E-state index in [4.69, 9.17) is 9.47 Å². The second kappa shape index (κ2) is 7.70. The number of carbonyl (C=O) groups is 2. The molecule has 2 amide bonds. The standard InChI is InChI=1S/C21H24N2O4/c1-14(24)15-5-4-6-17(11-15)23-20(25)22-13-21(9-10-21)16-7-8-18(26-2)19(12-16)27-3/h4-8,11-12H,9-10,13H2,1-3H3,(H2,22,23,25). The molecule has 0 bridgehead atoms. The molecular weight excluding hydrogens is 344 g/mol. The number of benzene rings is 2. The second-order valence-corrected chi connectivity index (χ2v) is 6.79. The maximum absolute atomic E-state index is 12.3. The molecule has 0 heterocycles. The third-order valence-corrected chi connectivity index (χ3v) is 4.96. The van der Waals surface area contributed by atoms with Crippen molar-refractivity contribution < 1.29 is 19.1 Å². The second-order valence-electron chi connectivity index (χ2n) is 6.79. The van der Waals surface area contributed by atoms with Crippen LogP contribution in [0.5, 0.6) is 11.5 Å². The van der Waals surface area contributed by atoms with Crippen molar-refractivity contribution in [1.29, 1.82) is 0 Å². The first kappa shape index (κ1) is 18.8. The van der Waals surface area contributed by atoms with Gasteiger partial charge in [0.05, 0.1) is 14.2 Å². The molecule has 1 saturated carbocycles. The zero-order valence-corrected chi connectivity index (χ0v) is 15.8. The fourth-order valence-corrected chi connectivity index (χ4v) is 3.13. The van der Waals surface area contributed by atoms with Crippen LogP contribution in [0.25, 0.3) is 0 Å². The van der Waals surface area contributed by atoms with Gasteiger partial charge in [0.2, 0.25) is 0 Å². The van der Waals surface area contributed by atoms with Crippen molar-refractivity contribution in [1.82, 2.24) is 5.32 Å². The van der Waals surface area contributed by atoms with Crippen molar-refractivity contribution in [3.63, 3.8) is 0 Å². The Labute approximate surface area is 158 Å². The van der Waals surface area contributed by atoms with E-state index in [2.05, 4.69) is 10.6 Å². The molecule has 0 aliphatic heterocycles. The number of amides is 2. The molecule has 27 heavy (non-hydrogen) atoms. The molecule has 0 atom stereocenters. The van der Waals surface area contributed by atoms with E-state index in [1.165, 1.54) is 6.92 Å². The van der Waals surface area contributed by atoms with Crippen LogP contribution in [0.1, 0.15) is 35.7 Å². The van der Waals surface area contributed by atoms with Gasteiger partial charge in [0.25, 0.3) is 0 Å². The number of ketones is 1. The van der Waals surface area contributed by atoms with Crippen molar-refractivity contribution >= 4 is 17.5 Å². The van der Waals surface area contributed by atoms with Gasteiger partial charge < -0.3 is 20.1 Å². The Morgan fingerprint density at radius 2 is 1.78 bits per heavy atom. The minimum Gasteiger partial charge on any atom is -0.493 e. The van der Waals surface area contributed by atoms with E-state index in [0.717, 1.165) is 18.4 Å². The molecule has 1 aliphatic rings. The van der Waals surface area contributed by atoms with Crippen molar-refractivity contribution in [2.75, 3.05) is 26.1 Å². The zero-order chi connectivity index (χ0) is 19.4. The first-order valence-corrected chi connectivity index (χ1v) is 8.86. The number of ether oxygens (including phenoxy) is 2. The summed E-state index contributed by atoms with van der Waals surface area (Å²) >= 11 is 0. The van der Waals surface area contributed by atoms with Crippen molar-refractivity contribution in [2.45, 2.75) is 25.2 Å². The molecule has 142 valence electrons. The van der Waals surface area contributed by atoms with E-state index in [1.807, 2.05) is 18.2 Å². The van der Waals surface area contributed by atoms with E-state index in [9.17, 15) is 9.59 Å². The quantitative estimate of drug-likeness (QED) is 0.730. The monoisotopic (exact) mass is 368 g/mol. The molecule has 0 aromatic heterocycles. The van der Waals surface area contributed by atoms with Crippen LogP contribution in [0.2, 0.25) is 0 Å². The highest BCUT2D eigenvalue weighted by atomic mass is 16.5. The molecule has 1 fully saturated rings. The van der Waals surface area contributed by atoms with E-state index < -0.39 is 0 Å². The van der Waals surface area contributed by atoms with Gasteiger partial charge in [-0.1, -0.05) is 18.2 Å². The summed E-state index contributed by atoms with van der Waals surface area (Å²) < 4.78 is 10.7. The predicted molar refractivity (Wildman–Crippen MR) is 104 cm³/mol. The van der Waals surface area contributed by atoms with Crippen LogP contribution in [0.3, 0.4) is 0 Å². The largest absolute Gasteiger partial charge is 0.493 e. The van der Waals surface area contributed by atoms with Gasteiger partial charge in [0.15, 0.2) is 17.3 Å². The maximum Gasteiger partial charge on any atom is 0.319 e. The number of Topliss-reactive ketones (excluding diaryl/α,β-unsaturated/α-hetero) is 1. The molecule has 0 spiro atoms. The first-order chi connectivity index (χ1) is 13.0. The Balaban J connectivity index is 1.63. The fourth-order valence-electron chi connectivity index (χ4n) is 3.13. The van der Waals surface area contributed by atoms with Crippen LogP contribution in [0.4, 0.5) is 10.5 Å². The minimum atomic E-state index is -0.289. The highest BCUT2D eigenvalue weighted by Gasteiger charge is 2.44. The Morgan fingerprint density at radius 3 is 2.41 bits per heavy atom. The number of urea groups is 1. The number of anilines is 1. The third-order valence-electron chi connectivity index (χ3n) is 4.96. The van der Waals surface area contributed by atoms with Gasteiger partial charge in [0, 0.05) is 23.2 Å². The lowest BCUT2D eigenvalue weighted by molar-refractivity contribution is 0.101. The lowest BCUT2D eigenvalue weighted by Crippen LogP contribution is -2.35. The summed E-state index contributed by atoms with van der Waals surface area (Å²) in [6.45, 7) is 2.03. The molecule has 0 saturated heterocycles. The Bertz CT molecular complexity index is 859. The van der Waals surface area contributed by atoms with E-state index >= 15 is 0 Å². The SMILES string of the molecule is COc1ccc(C2(CNC(=O)Nc3cccc(C(C)=O)c3)CC2)cc1OC. The molecule has 2 N–H and O–H groups in total. The van der Waals surface area contributed by atoms with Crippen LogP contribution >= 0.6 is 0 Å². The van der Waals surface area contributed by atoms with Gasteiger partial charge in [-0.2, -0.15) is 0 Å². The summed E-state index contributed by atoms with van der Waals surface area (Å²) in [5.41, 5.74) is 2.21. The van der Waals surface area contributed by atoms with Gasteiger partial charge in [0.1, 0.15) is 0 Å². The lowest BCUT2D eigenvalue weighted by atomic mass is 9.95. The van der Waals surface area contributed by atoms with E-state index in [0.29, 0.717) is 29.3 Å². The summed E-state index contributed by atoms with van der Waals surface area (Å²) in [5, 5.41) is 5.72. The smallest absolute Gasteiger partial charge is 0.319 e. The normalized spacial score (nSPS) is 14.2. The molecule has 2 aromatic carbocycles. The molecule has 3 rings (SSSR count). The molecule has 6 nitrogen and oxygen atoms in total. The highest BCUT2D eigenvalue weighted by molar-refractivity contribution is 5.96. The summed E-state index contributed by atoms with van der Waals surface area (Å²) in [6, 6.07) is 12.5. The summed E-state index contributed by atoms with van der Waals surface area (Å²) in [6.07, 6.45) is 2.01. The topological polar surface area (TPSA) is 76.7 Å². The number of carbonyl (C=O) groups excluding carboxylic acids is 2. The van der Waals surface area contributed by atoms with Crippen molar-refractivity contribution in [3.05, 3.63) is 53.6 Å². The van der Waals surface area contributed by atoms with Crippen LogP contribution in [0.15, 0.2) is 42.5 Å². The Kier molecular flexibility index (Phi) is 5.35. The summed E-state index contributed by atoms with van der Waals surface area (Å²) in [4.78, 5) is 23.7. The average molecular weight is 368 g/mol.